The maximum atomic E-state index is 4.75. The zero-order valence-corrected chi connectivity index (χ0v) is 12.1. The van der Waals surface area contributed by atoms with Gasteiger partial charge in [0, 0.05) is 5.71 Å². The van der Waals surface area contributed by atoms with Crippen LogP contribution >= 0.6 is 0 Å². The van der Waals surface area contributed by atoms with E-state index in [-0.39, 0.29) is 0 Å². The summed E-state index contributed by atoms with van der Waals surface area (Å²) < 4.78 is 0. The monoisotopic (exact) mass is 241 g/mol. The first-order chi connectivity index (χ1) is 8.62. The van der Waals surface area contributed by atoms with Crippen LogP contribution in [0.1, 0.15) is 38.8 Å². The molecule has 0 heterocycles. The van der Waals surface area contributed by atoms with Crippen LogP contribution in [0.5, 0.6) is 0 Å². The highest BCUT2D eigenvalue weighted by atomic mass is 14.7. The van der Waals surface area contributed by atoms with Crippen molar-refractivity contribution in [2.24, 2.45) is 4.99 Å². The molecule has 1 rings (SSSR count). The van der Waals surface area contributed by atoms with Crippen molar-refractivity contribution in [2.75, 3.05) is 0 Å². The first-order valence-corrected chi connectivity index (χ1v) is 6.56. The van der Waals surface area contributed by atoms with Crippen LogP contribution in [0, 0.1) is 6.92 Å². The molecule has 0 amide bonds. The van der Waals surface area contributed by atoms with Crippen molar-refractivity contribution in [3.63, 3.8) is 0 Å². The molecule has 0 radical (unpaired) electrons. The Bertz CT molecular complexity index is 490. The highest BCUT2D eigenvalue weighted by molar-refractivity contribution is 6.02. The van der Waals surface area contributed by atoms with Crippen molar-refractivity contribution >= 4 is 11.4 Å². The lowest BCUT2D eigenvalue weighted by atomic mass is 10.1. The van der Waals surface area contributed by atoms with Crippen LogP contribution < -0.4 is 0 Å². The van der Waals surface area contributed by atoms with Crippen LogP contribution in [-0.2, 0) is 6.42 Å². The second kappa shape index (κ2) is 6.95. The number of aliphatic imine (C=N–C) groups is 1. The van der Waals surface area contributed by atoms with Crippen LogP contribution in [0.3, 0.4) is 0 Å². The highest BCUT2D eigenvalue weighted by Crippen LogP contribution is 2.22. The molecule has 0 spiro atoms. The van der Waals surface area contributed by atoms with Gasteiger partial charge < -0.3 is 0 Å². The lowest BCUT2D eigenvalue weighted by molar-refractivity contribution is 1.13. The number of rotatable bonds is 4. The Labute approximate surface area is 111 Å². The van der Waals surface area contributed by atoms with Crippen molar-refractivity contribution in [2.45, 2.75) is 41.0 Å². The predicted octanol–water partition coefficient (Wildman–Crippen LogP) is 5.17. The van der Waals surface area contributed by atoms with Gasteiger partial charge in [0.1, 0.15) is 0 Å². The van der Waals surface area contributed by atoms with Crippen molar-refractivity contribution in [3.05, 3.63) is 53.1 Å². The van der Waals surface area contributed by atoms with Gasteiger partial charge in [-0.1, -0.05) is 37.3 Å². The third kappa shape index (κ3) is 3.69. The average molecular weight is 241 g/mol. The molecule has 0 aliphatic rings. The largest absolute Gasteiger partial charge is 0.253 e. The van der Waals surface area contributed by atoms with E-state index in [1.54, 1.807) is 0 Å². The molecule has 0 N–H and O–H groups in total. The molecule has 0 saturated heterocycles. The Morgan fingerprint density at radius 2 is 2.00 bits per heavy atom. The number of benzene rings is 1. The van der Waals surface area contributed by atoms with Gasteiger partial charge in [0.15, 0.2) is 0 Å². The van der Waals surface area contributed by atoms with Gasteiger partial charge in [0.05, 0.1) is 5.69 Å². The molecule has 0 fully saturated rings. The van der Waals surface area contributed by atoms with Gasteiger partial charge in [-0.05, 0) is 56.9 Å². The lowest BCUT2D eigenvalue weighted by Crippen LogP contribution is -1.94. The minimum Gasteiger partial charge on any atom is -0.253 e. The average Bonchev–Trinajstić information content (AvgIpc) is 2.38. The van der Waals surface area contributed by atoms with Gasteiger partial charge in [-0.3, -0.25) is 4.99 Å². The summed E-state index contributed by atoms with van der Waals surface area (Å²) >= 11 is 0. The van der Waals surface area contributed by atoms with Crippen LogP contribution in [-0.4, -0.2) is 5.71 Å². The van der Waals surface area contributed by atoms with E-state index in [2.05, 4.69) is 51.1 Å². The molecular weight excluding hydrogens is 218 g/mol. The molecule has 0 atom stereocenters. The molecule has 0 aliphatic carbocycles. The van der Waals surface area contributed by atoms with Crippen molar-refractivity contribution < 1.29 is 0 Å². The molecule has 0 saturated carbocycles. The number of allylic oxidation sites excluding steroid dienone is 4. The molecule has 0 aliphatic heterocycles. The van der Waals surface area contributed by atoms with Crippen molar-refractivity contribution in [1.82, 2.24) is 0 Å². The normalized spacial score (nSPS) is 13.4. The summed E-state index contributed by atoms with van der Waals surface area (Å²) in [5, 5.41) is 0. The molecule has 0 aromatic heterocycles. The van der Waals surface area contributed by atoms with Crippen LogP contribution in [0.4, 0.5) is 5.69 Å². The SMILES string of the molecule is C\C=C/C(=C\C)C(/C)=N/c1cc(CC)ccc1C. The fourth-order valence-electron chi connectivity index (χ4n) is 1.85. The van der Waals surface area contributed by atoms with Crippen LogP contribution in [0.15, 0.2) is 47.0 Å². The summed E-state index contributed by atoms with van der Waals surface area (Å²) in [5.41, 5.74) is 5.88. The van der Waals surface area contributed by atoms with E-state index in [9.17, 15) is 0 Å². The summed E-state index contributed by atoms with van der Waals surface area (Å²) in [6.07, 6.45) is 7.28. The number of hydrogen-bond acceptors (Lipinski definition) is 1. The van der Waals surface area contributed by atoms with Crippen LogP contribution in [0.2, 0.25) is 0 Å². The first-order valence-electron chi connectivity index (χ1n) is 6.56. The van der Waals surface area contributed by atoms with E-state index < -0.39 is 0 Å². The third-order valence-corrected chi connectivity index (χ3v) is 3.04. The van der Waals surface area contributed by atoms with E-state index in [1.807, 2.05) is 19.9 Å². The Kier molecular flexibility index (Phi) is 5.57. The highest BCUT2D eigenvalue weighted by Gasteiger charge is 2.01. The van der Waals surface area contributed by atoms with E-state index in [0.717, 1.165) is 17.8 Å². The van der Waals surface area contributed by atoms with Gasteiger partial charge in [0.2, 0.25) is 0 Å². The van der Waals surface area contributed by atoms with Gasteiger partial charge in [-0.2, -0.15) is 0 Å². The summed E-state index contributed by atoms with van der Waals surface area (Å²) in [4.78, 5) is 4.75. The van der Waals surface area contributed by atoms with E-state index in [4.69, 9.17) is 4.99 Å². The summed E-state index contributed by atoms with van der Waals surface area (Å²) in [6.45, 7) is 10.4. The maximum Gasteiger partial charge on any atom is 0.0664 e. The lowest BCUT2D eigenvalue weighted by Gasteiger charge is -2.06. The zero-order chi connectivity index (χ0) is 13.5. The molecular formula is C17H23N. The zero-order valence-electron chi connectivity index (χ0n) is 12.1. The van der Waals surface area contributed by atoms with Crippen molar-refractivity contribution in [3.8, 4) is 0 Å². The standard InChI is InChI=1S/C17H23N/c1-6-9-16(8-3)14(5)18-17-12-15(7-2)11-10-13(17)4/h6,8-12H,7H2,1-5H3/b9-6-,16-8+,18-14+. The fraction of sp³-hybridized carbons (Fsp3) is 0.353. The van der Waals surface area contributed by atoms with Gasteiger partial charge in [-0.15, -0.1) is 0 Å². The van der Waals surface area contributed by atoms with Gasteiger partial charge >= 0.3 is 0 Å². The molecule has 96 valence electrons. The molecule has 1 aromatic carbocycles. The van der Waals surface area contributed by atoms with Gasteiger partial charge in [-0.25, -0.2) is 0 Å². The van der Waals surface area contributed by atoms with E-state index >= 15 is 0 Å². The maximum absolute atomic E-state index is 4.75. The molecule has 1 heteroatoms. The summed E-state index contributed by atoms with van der Waals surface area (Å²) in [6, 6.07) is 6.50. The summed E-state index contributed by atoms with van der Waals surface area (Å²) in [5.74, 6) is 0. The molecule has 18 heavy (non-hydrogen) atoms. The number of aryl methyl sites for hydroxylation is 2. The second-order valence-corrected chi connectivity index (χ2v) is 4.42. The molecule has 0 bridgehead atoms. The van der Waals surface area contributed by atoms with E-state index in [1.165, 1.54) is 16.7 Å². The molecule has 0 unspecified atom stereocenters. The quantitative estimate of drug-likeness (QED) is 0.509. The Hall–Kier alpha value is -1.63. The molecule has 1 nitrogen and oxygen atoms in total. The third-order valence-electron chi connectivity index (χ3n) is 3.04. The molecule has 1 aromatic rings. The fourth-order valence-corrected chi connectivity index (χ4v) is 1.85. The Morgan fingerprint density at radius 3 is 2.56 bits per heavy atom. The Balaban J connectivity index is 3.15. The predicted molar refractivity (Wildman–Crippen MR) is 81.9 cm³/mol. The minimum atomic E-state index is 1.05. The Morgan fingerprint density at radius 1 is 1.28 bits per heavy atom. The van der Waals surface area contributed by atoms with Crippen LogP contribution in [0.25, 0.3) is 0 Å². The minimum absolute atomic E-state index is 1.05. The van der Waals surface area contributed by atoms with E-state index in [0.29, 0.717) is 0 Å². The second-order valence-electron chi connectivity index (χ2n) is 4.42. The number of hydrogen-bond donors (Lipinski definition) is 0. The van der Waals surface area contributed by atoms with Gasteiger partial charge in [0.25, 0.3) is 0 Å². The van der Waals surface area contributed by atoms with Crippen molar-refractivity contribution in [1.29, 1.82) is 0 Å². The summed E-state index contributed by atoms with van der Waals surface area (Å²) in [7, 11) is 0. The topological polar surface area (TPSA) is 12.4 Å². The smallest absolute Gasteiger partial charge is 0.0664 e. The first kappa shape index (κ1) is 14.4. The number of nitrogens with zero attached hydrogens (tertiary/aromatic N) is 1.